The first kappa shape index (κ1) is 26.3. The second kappa shape index (κ2) is 12.4. The number of aliphatic carboxylic acids is 1. The van der Waals surface area contributed by atoms with Crippen LogP contribution in [0.1, 0.15) is 57.1 Å². The molecule has 7 heteroatoms. The summed E-state index contributed by atoms with van der Waals surface area (Å²) in [5, 5.41) is 14.5. The number of benzene rings is 2. The first-order valence-corrected chi connectivity index (χ1v) is 12.3. The highest BCUT2D eigenvalue weighted by atomic mass is 16.5. The Morgan fingerprint density at radius 2 is 1.51 bits per heavy atom. The molecule has 7 nitrogen and oxygen atoms in total. The lowest BCUT2D eigenvalue weighted by Gasteiger charge is -2.22. The van der Waals surface area contributed by atoms with Crippen molar-refractivity contribution in [3.05, 3.63) is 59.7 Å². The zero-order chi connectivity index (χ0) is 25.4. The summed E-state index contributed by atoms with van der Waals surface area (Å²) in [5.74, 6) is -0.680. The lowest BCUT2D eigenvalue weighted by Crippen LogP contribution is -2.36. The summed E-state index contributed by atoms with van der Waals surface area (Å²) in [6.45, 7) is 7.00. The van der Waals surface area contributed by atoms with E-state index in [4.69, 9.17) is 9.84 Å². The van der Waals surface area contributed by atoms with Gasteiger partial charge in [-0.25, -0.2) is 4.79 Å². The fraction of sp³-hybridized carbons (Fsp3) is 0.464. The van der Waals surface area contributed by atoms with Crippen molar-refractivity contribution in [3.63, 3.8) is 0 Å². The van der Waals surface area contributed by atoms with Gasteiger partial charge in [0.2, 0.25) is 5.91 Å². The number of carbonyl (C=O) groups excluding carboxylic acids is 2. The maximum Gasteiger partial charge on any atom is 0.407 e. The zero-order valence-electron chi connectivity index (χ0n) is 20.8. The molecular weight excluding hydrogens is 444 g/mol. The molecule has 2 unspecified atom stereocenters. The third-order valence-corrected chi connectivity index (χ3v) is 6.74. The van der Waals surface area contributed by atoms with Crippen molar-refractivity contribution >= 4 is 18.0 Å². The Hall–Kier alpha value is -3.35. The molecule has 0 spiro atoms. The molecule has 0 aliphatic heterocycles. The summed E-state index contributed by atoms with van der Waals surface area (Å²) in [6.07, 6.45) is 0.412. The van der Waals surface area contributed by atoms with E-state index in [1.54, 1.807) is 0 Å². The van der Waals surface area contributed by atoms with Gasteiger partial charge in [0.05, 0.1) is 0 Å². The number of hydrogen-bond donors (Lipinski definition) is 3. The first-order chi connectivity index (χ1) is 16.8. The number of amides is 2. The molecule has 0 saturated carbocycles. The second-order valence-corrected chi connectivity index (χ2v) is 9.76. The van der Waals surface area contributed by atoms with Crippen LogP contribution >= 0.6 is 0 Å². The predicted octanol–water partition coefficient (Wildman–Crippen LogP) is 4.80. The van der Waals surface area contributed by atoms with Crippen LogP contribution in [0.25, 0.3) is 11.1 Å². The molecule has 2 amide bonds. The largest absolute Gasteiger partial charge is 0.481 e. The minimum absolute atomic E-state index is 0.00272. The van der Waals surface area contributed by atoms with E-state index in [2.05, 4.69) is 34.9 Å². The monoisotopic (exact) mass is 480 g/mol. The van der Waals surface area contributed by atoms with Crippen molar-refractivity contribution in [1.82, 2.24) is 10.6 Å². The smallest absolute Gasteiger partial charge is 0.407 e. The van der Waals surface area contributed by atoms with Crippen LogP contribution in [0, 0.1) is 17.8 Å². The standard InChI is InChI=1S/C28H36N2O5/c1-18(2)20(14-26(31)29-15-19(3)12-13-27(32)33)16-30-28(34)35-17-25-23-10-6-4-8-21(23)22-9-5-7-11-24(22)25/h4-11,18-20,25H,12-17H2,1-3H3,(H,29,31)(H,30,34)(H,32,33). The number of carbonyl (C=O) groups is 3. The van der Waals surface area contributed by atoms with Gasteiger partial charge in [0, 0.05) is 31.8 Å². The first-order valence-electron chi connectivity index (χ1n) is 12.3. The number of rotatable bonds is 12. The van der Waals surface area contributed by atoms with Crippen LogP contribution in [0.15, 0.2) is 48.5 Å². The summed E-state index contributed by atoms with van der Waals surface area (Å²) in [7, 11) is 0. The molecule has 2 atom stereocenters. The van der Waals surface area contributed by atoms with Crippen molar-refractivity contribution in [3.8, 4) is 11.1 Å². The van der Waals surface area contributed by atoms with Gasteiger partial charge < -0.3 is 20.5 Å². The SMILES string of the molecule is CC(CCC(=O)O)CNC(=O)CC(CNC(=O)OCC1c2ccccc2-c2ccccc21)C(C)C. The number of ether oxygens (including phenoxy) is 1. The van der Waals surface area contributed by atoms with Gasteiger partial charge >= 0.3 is 12.1 Å². The molecule has 3 rings (SSSR count). The number of carboxylic acid groups (broad SMARTS) is 1. The van der Waals surface area contributed by atoms with Crippen LogP contribution in [0.4, 0.5) is 4.79 Å². The summed E-state index contributed by atoms with van der Waals surface area (Å²) in [6, 6.07) is 16.4. The number of fused-ring (bicyclic) bond motifs is 3. The normalized spacial score (nSPS) is 14.1. The van der Waals surface area contributed by atoms with Crippen LogP contribution in [-0.2, 0) is 14.3 Å². The van der Waals surface area contributed by atoms with E-state index in [1.807, 2.05) is 45.0 Å². The summed E-state index contributed by atoms with van der Waals surface area (Å²) in [4.78, 5) is 35.6. The van der Waals surface area contributed by atoms with E-state index < -0.39 is 12.1 Å². The Morgan fingerprint density at radius 3 is 2.09 bits per heavy atom. The highest BCUT2D eigenvalue weighted by Crippen LogP contribution is 2.44. The molecule has 2 aromatic carbocycles. The molecule has 2 aromatic rings. The highest BCUT2D eigenvalue weighted by molar-refractivity contribution is 5.79. The zero-order valence-corrected chi connectivity index (χ0v) is 20.8. The van der Waals surface area contributed by atoms with Crippen LogP contribution in [-0.4, -0.2) is 42.8 Å². The van der Waals surface area contributed by atoms with E-state index in [1.165, 1.54) is 11.1 Å². The van der Waals surface area contributed by atoms with Crippen LogP contribution in [0.2, 0.25) is 0 Å². The minimum atomic E-state index is -0.831. The number of alkyl carbamates (subject to hydrolysis) is 1. The van der Waals surface area contributed by atoms with Gasteiger partial charge in [-0.2, -0.15) is 0 Å². The van der Waals surface area contributed by atoms with Crippen molar-refractivity contribution in [2.24, 2.45) is 17.8 Å². The molecule has 1 aliphatic rings. The molecule has 3 N–H and O–H groups in total. The third-order valence-electron chi connectivity index (χ3n) is 6.74. The molecule has 0 radical (unpaired) electrons. The molecule has 0 aromatic heterocycles. The number of hydrogen-bond acceptors (Lipinski definition) is 4. The average molecular weight is 481 g/mol. The average Bonchev–Trinajstić information content (AvgIpc) is 3.16. The lowest BCUT2D eigenvalue weighted by atomic mass is 9.92. The van der Waals surface area contributed by atoms with Crippen LogP contribution in [0.5, 0.6) is 0 Å². The van der Waals surface area contributed by atoms with Crippen LogP contribution in [0.3, 0.4) is 0 Å². The van der Waals surface area contributed by atoms with Crippen LogP contribution < -0.4 is 10.6 Å². The minimum Gasteiger partial charge on any atom is -0.481 e. The molecule has 1 aliphatic carbocycles. The second-order valence-electron chi connectivity index (χ2n) is 9.76. The van der Waals surface area contributed by atoms with Gasteiger partial charge in [-0.05, 0) is 46.4 Å². The molecule has 0 bridgehead atoms. The predicted molar refractivity (Wildman–Crippen MR) is 135 cm³/mol. The highest BCUT2D eigenvalue weighted by Gasteiger charge is 2.29. The van der Waals surface area contributed by atoms with Crippen molar-refractivity contribution in [2.45, 2.75) is 46.0 Å². The Balaban J connectivity index is 1.46. The molecule has 188 valence electrons. The topological polar surface area (TPSA) is 105 Å². The molecule has 35 heavy (non-hydrogen) atoms. The van der Waals surface area contributed by atoms with E-state index in [0.29, 0.717) is 19.5 Å². The Bertz CT molecular complexity index is 990. The quantitative estimate of drug-likeness (QED) is 0.405. The molecule has 0 heterocycles. The molecule has 0 fully saturated rings. The Kier molecular flexibility index (Phi) is 9.29. The van der Waals surface area contributed by atoms with Gasteiger partial charge in [-0.1, -0.05) is 69.3 Å². The van der Waals surface area contributed by atoms with E-state index in [0.717, 1.165) is 11.1 Å². The number of nitrogens with one attached hydrogen (secondary N) is 2. The summed E-state index contributed by atoms with van der Waals surface area (Å²) in [5.41, 5.74) is 4.69. The van der Waals surface area contributed by atoms with Gasteiger partial charge in [-0.15, -0.1) is 0 Å². The molecule has 0 saturated heterocycles. The fourth-order valence-electron chi connectivity index (χ4n) is 4.48. The maximum atomic E-state index is 12.5. The summed E-state index contributed by atoms with van der Waals surface area (Å²) < 4.78 is 5.60. The van der Waals surface area contributed by atoms with Crippen molar-refractivity contribution in [1.29, 1.82) is 0 Å². The maximum absolute atomic E-state index is 12.5. The van der Waals surface area contributed by atoms with Gasteiger partial charge in [0.15, 0.2) is 0 Å². The van der Waals surface area contributed by atoms with Crippen molar-refractivity contribution < 1.29 is 24.2 Å². The van der Waals surface area contributed by atoms with Crippen molar-refractivity contribution in [2.75, 3.05) is 19.7 Å². The van der Waals surface area contributed by atoms with Gasteiger partial charge in [0.1, 0.15) is 6.61 Å². The van der Waals surface area contributed by atoms with E-state index in [-0.39, 0.29) is 49.0 Å². The lowest BCUT2D eigenvalue weighted by molar-refractivity contribution is -0.137. The van der Waals surface area contributed by atoms with Gasteiger partial charge in [0.25, 0.3) is 0 Å². The molecular formula is C28H36N2O5. The Labute approximate surface area is 207 Å². The fourth-order valence-corrected chi connectivity index (χ4v) is 4.48. The summed E-state index contributed by atoms with van der Waals surface area (Å²) >= 11 is 0. The number of carboxylic acids is 1. The van der Waals surface area contributed by atoms with Gasteiger partial charge in [-0.3, -0.25) is 9.59 Å². The Morgan fingerprint density at radius 1 is 0.914 bits per heavy atom. The van der Waals surface area contributed by atoms with E-state index >= 15 is 0 Å². The van der Waals surface area contributed by atoms with E-state index in [9.17, 15) is 14.4 Å². The third kappa shape index (κ3) is 7.31.